The Hall–Kier alpha value is -6.84. The summed E-state index contributed by atoms with van der Waals surface area (Å²) in [4.78, 5) is 0. The van der Waals surface area contributed by atoms with Crippen LogP contribution in [0, 0.1) is 0 Å². The van der Waals surface area contributed by atoms with E-state index in [0.717, 1.165) is 50.5 Å². The lowest BCUT2D eigenvalue weighted by Crippen LogP contribution is -2.57. The molecule has 2 aliphatic rings. The molecule has 2 heterocycles. The van der Waals surface area contributed by atoms with Gasteiger partial charge in [-0.1, -0.05) is 164 Å². The molecule has 0 spiro atoms. The van der Waals surface area contributed by atoms with E-state index >= 15 is 0 Å². The van der Waals surface area contributed by atoms with Crippen molar-refractivity contribution < 1.29 is 9.47 Å². The second kappa shape index (κ2) is 11.9. The first-order valence-corrected chi connectivity index (χ1v) is 18.2. The number of hydrogen-bond donors (Lipinski definition) is 0. The number of ether oxygens (including phenoxy) is 2. The molecule has 2 nitrogen and oxygen atoms in total. The number of hydrogen-bond acceptors (Lipinski definition) is 2. The summed E-state index contributed by atoms with van der Waals surface area (Å²) >= 11 is 0. The molecule has 0 aromatic heterocycles. The van der Waals surface area contributed by atoms with Crippen molar-refractivity contribution in [3.8, 4) is 67.5 Å². The average Bonchev–Trinajstić information content (AvgIpc) is 3.23. The van der Waals surface area contributed by atoms with Crippen LogP contribution >= 0.6 is 0 Å². The van der Waals surface area contributed by atoms with Crippen LogP contribution in [0.4, 0.5) is 0 Å². The molecule has 0 fully saturated rings. The Labute approximate surface area is 308 Å². The Balaban J connectivity index is 1.12. The van der Waals surface area contributed by atoms with Crippen LogP contribution in [0.5, 0.6) is 23.0 Å². The third kappa shape index (κ3) is 4.68. The Morgan fingerprint density at radius 2 is 0.736 bits per heavy atom. The fourth-order valence-corrected chi connectivity index (χ4v) is 8.69. The van der Waals surface area contributed by atoms with E-state index in [0.29, 0.717) is 0 Å². The molecule has 0 aliphatic carbocycles. The van der Waals surface area contributed by atoms with Gasteiger partial charge < -0.3 is 9.47 Å². The van der Waals surface area contributed by atoms with Gasteiger partial charge in [-0.25, -0.2) is 0 Å². The van der Waals surface area contributed by atoms with Gasteiger partial charge in [0.05, 0.1) is 0 Å². The van der Waals surface area contributed by atoms with Crippen molar-refractivity contribution in [1.29, 1.82) is 0 Å². The first-order chi connectivity index (χ1) is 26.3. The minimum Gasteiger partial charge on any atom is -0.458 e. The normalized spacial score (nSPS) is 12.4. The van der Waals surface area contributed by atoms with E-state index in [9.17, 15) is 0 Å². The number of fused-ring (bicyclic) bond motifs is 6. The van der Waals surface area contributed by atoms with Gasteiger partial charge in [0.25, 0.3) is 6.71 Å². The highest BCUT2D eigenvalue weighted by Crippen LogP contribution is 2.47. The molecule has 0 bridgehead atoms. The second-order valence-electron chi connectivity index (χ2n) is 13.9. The van der Waals surface area contributed by atoms with Crippen LogP contribution < -0.4 is 25.9 Å². The van der Waals surface area contributed by atoms with E-state index in [4.69, 9.17) is 9.47 Å². The Morgan fingerprint density at radius 1 is 0.302 bits per heavy atom. The summed E-state index contributed by atoms with van der Waals surface area (Å²) in [5, 5.41) is 4.89. The topological polar surface area (TPSA) is 18.5 Å². The van der Waals surface area contributed by atoms with Gasteiger partial charge in [0.15, 0.2) is 0 Å². The van der Waals surface area contributed by atoms with Crippen molar-refractivity contribution in [2.24, 2.45) is 0 Å². The standard InChI is InChI=1S/C50H31BO2/c1-2-14-32(15-3-1)33-26-28-34(29-27-33)48-38-18-6-8-20-40(38)49(41-21-9-7-19-39(41)48)37-17-5-4-16-36(37)35-30-46-50-47(31-35)53-45-25-13-11-23-43(45)51(50)42-22-10-12-24-44(42)52-46/h1-31H. The van der Waals surface area contributed by atoms with Gasteiger partial charge in [0.2, 0.25) is 0 Å². The summed E-state index contributed by atoms with van der Waals surface area (Å²) in [6, 6.07) is 67.3. The highest BCUT2D eigenvalue weighted by molar-refractivity contribution is 6.98. The Kier molecular flexibility index (Phi) is 6.68. The van der Waals surface area contributed by atoms with Crippen molar-refractivity contribution in [3.05, 3.63) is 188 Å². The third-order valence-electron chi connectivity index (χ3n) is 11.0. The first kappa shape index (κ1) is 29.9. The smallest absolute Gasteiger partial charge is 0.260 e. The van der Waals surface area contributed by atoms with Gasteiger partial charge in [0.1, 0.15) is 23.0 Å². The molecule has 3 heteroatoms. The Bertz CT molecular complexity index is 2770. The van der Waals surface area contributed by atoms with E-state index in [1.165, 1.54) is 54.9 Å². The van der Waals surface area contributed by atoms with Crippen molar-refractivity contribution >= 4 is 44.6 Å². The van der Waals surface area contributed by atoms with Crippen LogP contribution in [-0.2, 0) is 0 Å². The van der Waals surface area contributed by atoms with Gasteiger partial charge in [0, 0.05) is 5.46 Å². The first-order valence-electron chi connectivity index (χ1n) is 18.2. The monoisotopic (exact) mass is 674 g/mol. The molecule has 0 amide bonds. The lowest BCUT2D eigenvalue weighted by molar-refractivity contribution is 0.465. The van der Waals surface area contributed by atoms with Crippen LogP contribution in [-0.4, -0.2) is 6.71 Å². The van der Waals surface area contributed by atoms with Gasteiger partial charge in [-0.15, -0.1) is 0 Å². The SMILES string of the molecule is c1ccc(-c2ccc(-c3c4ccccc4c(-c4ccccc4-c4cc5c6c(c4)Oc4ccccc4B6c4ccccc4O5)c4ccccc34)cc2)cc1. The zero-order valence-corrected chi connectivity index (χ0v) is 28.8. The van der Waals surface area contributed by atoms with Gasteiger partial charge in [-0.2, -0.15) is 0 Å². The predicted octanol–water partition coefficient (Wildman–Crippen LogP) is 11.4. The van der Waals surface area contributed by atoms with E-state index in [1.54, 1.807) is 0 Å². The van der Waals surface area contributed by atoms with E-state index in [2.05, 4.69) is 176 Å². The molecular weight excluding hydrogens is 643 g/mol. The van der Waals surface area contributed by atoms with E-state index < -0.39 is 0 Å². The maximum absolute atomic E-state index is 6.71. The minimum absolute atomic E-state index is 0.0429. The molecular formula is C50H31BO2. The molecule has 2 aliphatic heterocycles. The minimum atomic E-state index is 0.0429. The van der Waals surface area contributed by atoms with E-state index in [1.807, 2.05) is 12.1 Å². The largest absolute Gasteiger partial charge is 0.458 e. The average molecular weight is 675 g/mol. The van der Waals surface area contributed by atoms with Crippen molar-refractivity contribution in [2.75, 3.05) is 0 Å². The number of rotatable bonds is 4. The van der Waals surface area contributed by atoms with Crippen molar-refractivity contribution in [2.45, 2.75) is 0 Å². The lowest BCUT2D eigenvalue weighted by atomic mass is 9.35. The summed E-state index contributed by atoms with van der Waals surface area (Å²) < 4.78 is 13.4. The summed E-state index contributed by atoms with van der Waals surface area (Å²) in [7, 11) is 0. The number of para-hydroxylation sites is 2. The lowest BCUT2D eigenvalue weighted by Gasteiger charge is -2.33. The number of benzene rings is 9. The molecule has 0 saturated heterocycles. The molecule has 0 unspecified atom stereocenters. The Morgan fingerprint density at radius 3 is 1.32 bits per heavy atom. The van der Waals surface area contributed by atoms with Crippen LogP contribution in [0.1, 0.15) is 0 Å². The molecule has 0 atom stereocenters. The summed E-state index contributed by atoms with van der Waals surface area (Å²) in [6.45, 7) is 0.0429. The summed E-state index contributed by atoms with van der Waals surface area (Å²) in [5.41, 5.74) is 12.9. The van der Waals surface area contributed by atoms with Gasteiger partial charge >= 0.3 is 0 Å². The van der Waals surface area contributed by atoms with Crippen LogP contribution in [0.2, 0.25) is 0 Å². The molecule has 0 radical (unpaired) electrons. The maximum atomic E-state index is 6.71. The zero-order chi connectivity index (χ0) is 34.9. The van der Waals surface area contributed by atoms with Crippen LogP contribution in [0.15, 0.2) is 188 Å². The van der Waals surface area contributed by atoms with Crippen molar-refractivity contribution in [1.82, 2.24) is 0 Å². The molecule has 53 heavy (non-hydrogen) atoms. The summed E-state index contributed by atoms with van der Waals surface area (Å²) in [6.07, 6.45) is 0. The molecule has 0 N–H and O–H groups in total. The maximum Gasteiger partial charge on any atom is 0.260 e. The molecule has 11 rings (SSSR count). The fourth-order valence-electron chi connectivity index (χ4n) is 8.69. The zero-order valence-electron chi connectivity index (χ0n) is 28.8. The molecule has 9 aromatic carbocycles. The quantitative estimate of drug-likeness (QED) is 0.137. The van der Waals surface area contributed by atoms with Gasteiger partial charge in [-0.3, -0.25) is 0 Å². The predicted molar refractivity (Wildman–Crippen MR) is 221 cm³/mol. The fraction of sp³-hybridized carbons (Fsp3) is 0. The molecule has 9 aromatic rings. The molecule has 0 saturated carbocycles. The van der Waals surface area contributed by atoms with Crippen molar-refractivity contribution in [3.63, 3.8) is 0 Å². The third-order valence-corrected chi connectivity index (χ3v) is 11.0. The van der Waals surface area contributed by atoms with Gasteiger partial charge in [-0.05, 0) is 101 Å². The molecule has 246 valence electrons. The van der Waals surface area contributed by atoms with Crippen LogP contribution in [0.3, 0.4) is 0 Å². The highest BCUT2D eigenvalue weighted by atomic mass is 16.5. The van der Waals surface area contributed by atoms with Crippen LogP contribution in [0.25, 0.3) is 66.1 Å². The second-order valence-corrected chi connectivity index (χ2v) is 13.9. The van der Waals surface area contributed by atoms with E-state index in [-0.39, 0.29) is 6.71 Å². The highest BCUT2D eigenvalue weighted by Gasteiger charge is 2.40. The summed E-state index contributed by atoms with van der Waals surface area (Å²) in [5.74, 6) is 3.47.